The highest BCUT2D eigenvalue weighted by Gasteiger charge is 2.16. The number of thioether (sulfide) groups is 1. The third kappa shape index (κ3) is 4.04. The first kappa shape index (κ1) is 17.5. The molecule has 4 nitrogen and oxygen atoms in total. The second-order valence-corrected chi connectivity index (χ2v) is 7.86. The molecule has 0 aliphatic carbocycles. The Morgan fingerprint density at radius 3 is 2.52 bits per heavy atom. The van der Waals surface area contributed by atoms with Gasteiger partial charge in [-0.2, -0.15) is 0 Å². The van der Waals surface area contributed by atoms with Gasteiger partial charge in [-0.1, -0.05) is 62.9 Å². The van der Waals surface area contributed by atoms with Crippen molar-refractivity contribution in [2.45, 2.75) is 43.6 Å². The minimum atomic E-state index is 0.174. The quantitative estimate of drug-likeness (QED) is 0.445. The van der Waals surface area contributed by atoms with Crippen LogP contribution in [0, 0.1) is 0 Å². The van der Waals surface area contributed by atoms with Gasteiger partial charge in [0.15, 0.2) is 10.9 Å². The van der Waals surface area contributed by atoms with Crippen LogP contribution in [-0.4, -0.2) is 14.8 Å². The van der Waals surface area contributed by atoms with Crippen molar-refractivity contribution in [1.82, 2.24) is 14.8 Å². The molecule has 3 rings (SSSR count). The summed E-state index contributed by atoms with van der Waals surface area (Å²) in [5.74, 6) is 2.30. The molecule has 130 valence electrons. The summed E-state index contributed by atoms with van der Waals surface area (Å²) in [5, 5.41) is 9.48. The minimum absolute atomic E-state index is 0.174. The van der Waals surface area contributed by atoms with Crippen LogP contribution in [0.25, 0.3) is 11.6 Å². The van der Waals surface area contributed by atoms with Gasteiger partial charge in [-0.3, -0.25) is 4.57 Å². The lowest BCUT2D eigenvalue weighted by atomic mass is 9.87. The fourth-order valence-corrected chi connectivity index (χ4v) is 3.43. The van der Waals surface area contributed by atoms with E-state index in [2.05, 4.69) is 61.8 Å². The molecule has 0 radical (unpaired) electrons. The molecule has 0 aliphatic heterocycles. The van der Waals surface area contributed by atoms with Gasteiger partial charge in [-0.25, -0.2) is 0 Å². The zero-order chi connectivity index (χ0) is 17.9. The van der Waals surface area contributed by atoms with Gasteiger partial charge >= 0.3 is 0 Å². The average molecular weight is 353 g/mol. The summed E-state index contributed by atoms with van der Waals surface area (Å²) in [6.07, 6.45) is 3.49. The molecule has 0 saturated heterocycles. The molecule has 5 heteroatoms. The molecule has 2 heterocycles. The maximum Gasteiger partial charge on any atom is 0.200 e. The standard InChI is InChI=1S/C20H23N3OS/c1-5-12-23-18(17-7-6-13-24-17)21-22-19(23)25-14-15-8-10-16(11-9-15)20(2,3)4/h5-11,13H,1,12,14H2,2-4H3. The van der Waals surface area contributed by atoms with Crippen molar-refractivity contribution in [1.29, 1.82) is 0 Å². The number of furan rings is 1. The van der Waals surface area contributed by atoms with Crippen molar-refractivity contribution >= 4 is 11.8 Å². The first-order valence-corrected chi connectivity index (χ1v) is 9.28. The number of hydrogen-bond donors (Lipinski definition) is 0. The van der Waals surface area contributed by atoms with Crippen molar-refractivity contribution in [3.05, 3.63) is 66.4 Å². The van der Waals surface area contributed by atoms with Gasteiger partial charge in [-0.15, -0.1) is 16.8 Å². The minimum Gasteiger partial charge on any atom is -0.461 e. The first-order valence-electron chi connectivity index (χ1n) is 8.29. The Bertz CT molecular complexity index is 827. The van der Waals surface area contributed by atoms with Gasteiger partial charge in [-0.05, 0) is 28.7 Å². The largest absolute Gasteiger partial charge is 0.461 e. The van der Waals surface area contributed by atoms with Gasteiger partial charge < -0.3 is 4.42 Å². The fourth-order valence-electron chi connectivity index (χ4n) is 2.53. The third-order valence-corrected chi connectivity index (χ3v) is 5.00. The molecule has 0 saturated carbocycles. The Morgan fingerprint density at radius 2 is 1.92 bits per heavy atom. The van der Waals surface area contributed by atoms with E-state index in [0.717, 1.165) is 22.5 Å². The van der Waals surface area contributed by atoms with Crippen LogP contribution in [-0.2, 0) is 17.7 Å². The SMILES string of the molecule is C=CCn1c(SCc2ccc(C(C)(C)C)cc2)nnc1-c1ccco1. The van der Waals surface area contributed by atoms with Gasteiger partial charge in [0.05, 0.1) is 6.26 Å². The van der Waals surface area contributed by atoms with Crippen LogP contribution in [0.1, 0.15) is 31.9 Å². The Hall–Kier alpha value is -2.27. The highest BCUT2D eigenvalue weighted by Crippen LogP contribution is 2.28. The Balaban J connectivity index is 1.76. The van der Waals surface area contributed by atoms with Crippen LogP contribution in [0.3, 0.4) is 0 Å². The van der Waals surface area contributed by atoms with Crippen molar-refractivity contribution in [2.24, 2.45) is 0 Å². The summed E-state index contributed by atoms with van der Waals surface area (Å²) in [7, 11) is 0. The molecule has 0 aliphatic rings. The molecular formula is C20H23N3OS. The summed E-state index contributed by atoms with van der Waals surface area (Å²) in [6.45, 7) is 11.2. The lowest BCUT2D eigenvalue weighted by Crippen LogP contribution is -2.10. The van der Waals surface area contributed by atoms with Crippen molar-refractivity contribution in [2.75, 3.05) is 0 Å². The number of hydrogen-bond acceptors (Lipinski definition) is 4. The highest BCUT2D eigenvalue weighted by molar-refractivity contribution is 7.98. The number of allylic oxidation sites excluding steroid dienone is 1. The van der Waals surface area contributed by atoms with Crippen LogP contribution in [0.5, 0.6) is 0 Å². The molecule has 0 bridgehead atoms. The van der Waals surface area contributed by atoms with Crippen molar-refractivity contribution in [3.63, 3.8) is 0 Å². The van der Waals surface area contributed by atoms with E-state index in [1.807, 2.05) is 22.8 Å². The summed E-state index contributed by atoms with van der Waals surface area (Å²) in [5.41, 5.74) is 2.79. The molecule has 1 aromatic carbocycles. The average Bonchev–Trinajstić information content (AvgIpc) is 3.22. The molecule has 0 N–H and O–H groups in total. The van der Waals surface area contributed by atoms with E-state index in [4.69, 9.17) is 4.42 Å². The van der Waals surface area contributed by atoms with Crippen LogP contribution < -0.4 is 0 Å². The molecule has 0 fully saturated rings. The predicted octanol–water partition coefficient (Wildman–Crippen LogP) is 5.31. The smallest absolute Gasteiger partial charge is 0.200 e. The van der Waals surface area contributed by atoms with Crippen LogP contribution in [0.15, 0.2) is 64.9 Å². The number of rotatable bonds is 6. The predicted molar refractivity (Wildman–Crippen MR) is 103 cm³/mol. The fraction of sp³-hybridized carbons (Fsp3) is 0.300. The van der Waals surface area contributed by atoms with E-state index in [1.165, 1.54) is 11.1 Å². The molecular weight excluding hydrogens is 330 g/mol. The van der Waals surface area contributed by atoms with E-state index in [9.17, 15) is 0 Å². The van der Waals surface area contributed by atoms with Gasteiger partial charge in [0.1, 0.15) is 0 Å². The number of benzene rings is 1. The van der Waals surface area contributed by atoms with E-state index in [-0.39, 0.29) is 5.41 Å². The van der Waals surface area contributed by atoms with Gasteiger partial charge in [0.25, 0.3) is 0 Å². The molecule has 25 heavy (non-hydrogen) atoms. The van der Waals surface area contributed by atoms with E-state index in [1.54, 1.807) is 18.0 Å². The number of nitrogens with zero attached hydrogens (tertiary/aromatic N) is 3. The topological polar surface area (TPSA) is 43.9 Å². The van der Waals surface area contributed by atoms with Crippen LogP contribution in [0.4, 0.5) is 0 Å². The Morgan fingerprint density at radius 1 is 1.16 bits per heavy atom. The maximum atomic E-state index is 5.46. The monoisotopic (exact) mass is 353 g/mol. The molecule has 0 spiro atoms. The second-order valence-electron chi connectivity index (χ2n) is 6.92. The highest BCUT2D eigenvalue weighted by atomic mass is 32.2. The van der Waals surface area contributed by atoms with E-state index >= 15 is 0 Å². The lowest BCUT2D eigenvalue weighted by molar-refractivity contribution is 0.569. The molecule has 2 aromatic heterocycles. The van der Waals surface area contributed by atoms with Crippen LogP contribution in [0.2, 0.25) is 0 Å². The zero-order valence-electron chi connectivity index (χ0n) is 14.9. The summed E-state index contributed by atoms with van der Waals surface area (Å²) >= 11 is 1.67. The Kier molecular flexibility index (Phi) is 5.13. The van der Waals surface area contributed by atoms with E-state index < -0.39 is 0 Å². The summed E-state index contributed by atoms with van der Waals surface area (Å²) in [4.78, 5) is 0. The third-order valence-electron chi connectivity index (χ3n) is 3.96. The second kappa shape index (κ2) is 7.31. The summed E-state index contributed by atoms with van der Waals surface area (Å²) < 4.78 is 7.49. The zero-order valence-corrected chi connectivity index (χ0v) is 15.7. The number of aromatic nitrogens is 3. The lowest BCUT2D eigenvalue weighted by Gasteiger charge is -2.19. The van der Waals surface area contributed by atoms with Gasteiger partial charge in [0, 0.05) is 12.3 Å². The first-order chi connectivity index (χ1) is 12.0. The van der Waals surface area contributed by atoms with Crippen LogP contribution >= 0.6 is 11.8 Å². The molecule has 3 aromatic rings. The summed E-state index contributed by atoms with van der Waals surface area (Å²) in [6, 6.07) is 12.5. The Labute approximate surface area is 153 Å². The van der Waals surface area contributed by atoms with Crippen molar-refractivity contribution in [3.8, 4) is 11.6 Å². The van der Waals surface area contributed by atoms with E-state index in [0.29, 0.717) is 6.54 Å². The van der Waals surface area contributed by atoms with Gasteiger partial charge in [0.2, 0.25) is 5.82 Å². The maximum absolute atomic E-state index is 5.46. The molecule has 0 amide bonds. The molecule has 0 unspecified atom stereocenters. The molecule has 0 atom stereocenters. The van der Waals surface area contributed by atoms with Crippen molar-refractivity contribution < 1.29 is 4.42 Å². The normalized spacial score (nSPS) is 11.6.